The average Bonchev–Trinajstić information content (AvgIpc) is 2.86. The van der Waals surface area contributed by atoms with Gasteiger partial charge < -0.3 is 9.64 Å². The van der Waals surface area contributed by atoms with Gasteiger partial charge in [-0.1, -0.05) is 18.2 Å². The molecule has 0 saturated carbocycles. The second-order valence-electron chi connectivity index (χ2n) is 7.25. The molecule has 1 aliphatic heterocycles. The molecule has 158 valence electrons. The fourth-order valence-electron chi connectivity index (χ4n) is 3.76. The minimum atomic E-state index is -3.65. The van der Waals surface area contributed by atoms with Gasteiger partial charge in [-0.15, -0.1) is 0 Å². The first-order valence-electron chi connectivity index (χ1n) is 9.65. The van der Waals surface area contributed by atoms with E-state index in [4.69, 9.17) is 4.74 Å². The second-order valence-corrected chi connectivity index (χ2v) is 9.13. The van der Waals surface area contributed by atoms with Gasteiger partial charge in [0.05, 0.1) is 24.9 Å². The molecule has 0 unspecified atom stereocenters. The van der Waals surface area contributed by atoms with Crippen LogP contribution < -0.4 is 4.74 Å². The molecule has 1 aromatic carbocycles. The Bertz CT molecular complexity index is 1000. The van der Waals surface area contributed by atoms with Crippen LogP contribution in [-0.4, -0.2) is 66.6 Å². The maximum Gasteiger partial charge on any atom is 0.246 e. The Morgan fingerprint density at radius 2 is 1.86 bits per heavy atom. The molecule has 0 bridgehead atoms. The number of aromatic nitrogens is 2. The molecule has 1 aromatic heterocycles. The maximum absolute atomic E-state index is 13.2. The SMILES string of the molecule is COc1ccccc1CC(=O)N1CCCN(S(=O)(=O)c2c(C)nn(C)c2C)CC1. The highest BCUT2D eigenvalue weighted by Crippen LogP contribution is 2.24. The summed E-state index contributed by atoms with van der Waals surface area (Å²) in [6, 6.07) is 7.45. The first-order chi connectivity index (χ1) is 13.8. The van der Waals surface area contributed by atoms with E-state index >= 15 is 0 Å². The number of carbonyl (C=O) groups excluding carboxylic acids is 1. The molecule has 3 rings (SSSR count). The normalized spacial score (nSPS) is 15.9. The molecule has 9 heteroatoms. The molecular weight excluding hydrogens is 392 g/mol. The summed E-state index contributed by atoms with van der Waals surface area (Å²) in [5.41, 5.74) is 1.95. The first kappa shape index (κ1) is 21.3. The van der Waals surface area contributed by atoms with Crippen LogP contribution in [0.1, 0.15) is 23.4 Å². The minimum absolute atomic E-state index is 0.0255. The van der Waals surface area contributed by atoms with Crippen LogP contribution in [0.2, 0.25) is 0 Å². The summed E-state index contributed by atoms with van der Waals surface area (Å²) < 4.78 is 34.8. The van der Waals surface area contributed by atoms with Gasteiger partial charge in [0.15, 0.2) is 0 Å². The van der Waals surface area contributed by atoms with Crippen LogP contribution in [-0.2, 0) is 28.3 Å². The molecule has 8 nitrogen and oxygen atoms in total. The Hall–Kier alpha value is -2.39. The van der Waals surface area contributed by atoms with Crippen LogP contribution in [0.4, 0.5) is 0 Å². The molecule has 2 heterocycles. The number of rotatable bonds is 5. The molecule has 1 amide bonds. The van der Waals surface area contributed by atoms with E-state index in [0.29, 0.717) is 43.2 Å². The quantitative estimate of drug-likeness (QED) is 0.732. The topological polar surface area (TPSA) is 84.7 Å². The molecule has 0 spiro atoms. The number of aryl methyl sites for hydroxylation is 2. The highest BCUT2D eigenvalue weighted by atomic mass is 32.2. The number of amides is 1. The number of hydrogen-bond donors (Lipinski definition) is 0. The summed E-state index contributed by atoms with van der Waals surface area (Å²) in [4.78, 5) is 14.8. The van der Waals surface area contributed by atoms with E-state index in [2.05, 4.69) is 5.10 Å². The third kappa shape index (κ3) is 4.30. The molecule has 0 atom stereocenters. The van der Waals surface area contributed by atoms with Crippen molar-refractivity contribution in [1.82, 2.24) is 19.0 Å². The Kier molecular flexibility index (Phi) is 6.28. The number of para-hydroxylation sites is 1. The number of ether oxygens (including phenoxy) is 1. The zero-order valence-corrected chi connectivity index (χ0v) is 18.2. The Labute approximate surface area is 172 Å². The van der Waals surface area contributed by atoms with Gasteiger partial charge in [0.1, 0.15) is 10.6 Å². The molecule has 2 aromatic rings. The number of benzene rings is 1. The smallest absolute Gasteiger partial charge is 0.246 e. The Morgan fingerprint density at radius 1 is 1.14 bits per heavy atom. The average molecular weight is 421 g/mol. The first-order valence-corrected chi connectivity index (χ1v) is 11.1. The van der Waals surface area contributed by atoms with Crippen molar-refractivity contribution < 1.29 is 17.9 Å². The Balaban J connectivity index is 1.72. The largest absolute Gasteiger partial charge is 0.496 e. The molecule has 1 saturated heterocycles. The van der Waals surface area contributed by atoms with Gasteiger partial charge in [-0.3, -0.25) is 9.48 Å². The third-order valence-electron chi connectivity index (χ3n) is 5.38. The van der Waals surface area contributed by atoms with Crippen LogP contribution >= 0.6 is 0 Å². The molecule has 0 aliphatic carbocycles. The number of methoxy groups -OCH3 is 1. The van der Waals surface area contributed by atoms with Crippen molar-refractivity contribution >= 4 is 15.9 Å². The van der Waals surface area contributed by atoms with Gasteiger partial charge in [0, 0.05) is 38.8 Å². The standard InChI is InChI=1S/C20H28N4O4S/c1-15-20(16(2)22(3)21-15)29(26,27)24-11-7-10-23(12-13-24)19(25)14-17-8-5-6-9-18(17)28-4/h5-6,8-9H,7,10-14H2,1-4H3. The van der Waals surface area contributed by atoms with E-state index in [1.54, 1.807) is 37.6 Å². The third-order valence-corrected chi connectivity index (χ3v) is 7.53. The molecule has 1 fully saturated rings. The predicted molar refractivity (Wildman–Crippen MR) is 109 cm³/mol. The lowest BCUT2D eigenvalue weighted by Crippen LogP contribution is -2.38. The summed E-state index contributed by atoms with van der Waals surface area (Å²) in [5, 5.41) is 4.24. The summed E-state index contributed by atoms with van der Waals surface area (Å²) >= 11 is 0. The lowest BCUT2D eigenvalue weighted by atomic mass is 10.1. The molecular formula is C20H28N4O4S. The van der Waals surface area contributed by atoms with E-state index in [0.717, 1.165) is 5.56 Å². The van der Waals surface area contributed by atoms with Crippen LogP contribution in [0.25, 0.3) is 0 Å². The molecule has 29 heavy (non-hydrogen) atoms. The van der Waals surface area contributed by atoms with E-state index < -0.39 is 10.0 Å². The number of sulfonamides is 1. The van der Waals surface area contributed by atoms with Gasteiger partial charge in [-0.25, -0.2) is 8.42 Å². The summed E-state index contributed by atoms with van der Waals surface area (Å²) in [6.07, 6.45) is 0.826. The van der Waals surface area contributed by atoms with Crippen molar-refractivity contribution in [3.05, 3.63) is 41.2 Å². The van der Waals surface area contributed by atoms with Crippen molar-refractivity contribution in [2.75, 3.05) is 33.3 Å². The van der Waals surface area contributed by atoms with Gasteiger partial charge in [-0.2, -0.15) is 9.40 Å². The second kappa shape index (κ2) is 8.54. The van der Waals surface area contributed by atoms with Crippen molar-refractivity contribution in [2.24, 2.45) is 7.05 Å². The minimum Gasteiger partial charge on any atom is -0.496 e. The van der Waals surface area contributed by atoms with Gasteiger partial charge >= 0.3 is 0 Å². The van der Waals surface area contributed by atoms with E-state index in [-0.39, 0.29) is 23.8 Å². The molecule has 0 radical (unpaired) electrons. The number of nitrogens with zero attached hydrogens (tertiary/aromatic N) is 4. The van der Waals surface area contributed by atoms with Crippen molar-refractivity contribution in [3.8, 4) is 5.75 Å². The maximum atomic E-state index is 13.2. The van der Waals surface area contributed by atoms with Crippen molar-refractivity contribution in [2.45, 2.75) is 31.6 Å². The van der Waals surface area contributed by atoms with Crippen LogP contribution in [0.5, 0.6) is 5.75 Å². The fourth-order valence-corrected chi connectivity index (χ4v) is 5.63. The van der Waals surface area contributed by atoms with E-state index in [1.807, 2.05) is 24.3 Å². The predicted octanol–water partition coefficient (Wildman–Crippen LogP) is 1.51. The van der Waals surface area contributed by atoms with Gasteiger partial charge in [0.2, 0.25) is 15.9 Å². The van der Waals surface area contributed by atoms with Gasteiger partial charge in [0.25, 0.3) is 0 Å². The fraction of sp³-hybridized carbons (Fsp3) is 0.500. The summed E-state index contributed by atoms with van der Waals surface area (Å²) in [6.45, 7) is 5.02. The van der Waals surface area contributed by atoms with Crippen LogP contribution in [0.3, 0.4) is 0 Å². The zero-order chi connectivity index (χ0) is 21.2. The molecule has 1 aliphatic rings. The zero-order valence-electron chi connectivity index (χ0n) is 17.4. The lowest BCUT2D eigenvalue weighted by molar-refractivity contribution is -0.130. The summed E-state index contributed by atoms with van der Waals surface area (Å²) in [7, 11) is -0.331. The van der Waals surface area contributed by atoms with Crippen molar-refractivity contribution in [3.63, 3.8) is 0 Å². The van der Waals surface area contributed by atoms with E-state index in [9.17, 15) is 13.2 Å². The van der Waals surface area contributed by atoms with E-state index in [1.165, 1.54) is 4.31 Å². The summed E-state index contributed by atoms with van der Waals surface area (Å²) in [5.74, 6) is 0.657. The Morgan fingerprint density at radius 3 is 2.52 bits per heavy atom. The highest BCUT2D eigenvalue weighted by molar-refractivity contribution is 7.89. The van der Waals surface area contributed by atoms with Crippen molar-refractivity contribution in [1.29, 1.82) is 0 Å². The highest BCUT2D eigenvalue weighted by Gasteiger charge is 2.32. The lowest BCUT2D eigenvalue weighted by Gasteiger charge is -2.22. The number of carbonyl (C=O) groups is 1. The monoisotopic (exact) mass is 420 g/mol. The van der Waals surface area contributed by atoms with Gasteiger partial charge in [-0.05, 0) is 26.3 Å². The van der Waals surface area contributed by atoms with Crippen LogP contribution in [0.15, 0.2) is 29.2 Å². The van der Waals surface area contributed by atoms with Crippen LogP contribution in [0, 0.1) is 13.8 Å². The number of hydrogen-bond acceptors (Lipinski definition) is 5. The molecule has 0 N–H and O–H groups in total.